The zero-order valence-corrected chi connectivity index (χ0v) is 18.9. The molecule has 0 saturated heterocycles. The Morgan fingerprint density at radius 2 is 1.97 bits per heavy atom. The van der Waals surface area contributed by atoms with E-state index >= 15 is 0 Å². The van der Waals surface area contributed by atoms with Crippen molar-refractivity contribution in [3.8, 4) is 5.75 Å². The lowest BCUT2D eigenvalue weighted by Gasteiger charge is -2.25. The van der Waals surface area contributed by atoms with Gasteiger partial charge in [-0.25, -0.2) is 0 Å². The summed E-state index contributed by atoms with van der Waals surface area (Å²) in [6.07, 6.45) is 2.54. The Balaban J connectivity index is 2.06. The number of thiophene rings is 1. The number of hydrogen-bond acceptors (Lipinski definition) is 6. The summed E-state index contributed by atoms with van der Waals surface area (Å²) in [6, 6.07) is 10.6. The maximum absolute atomic E-state index is 12.9. The summed E-state index contributed by atoms with van der Waals surface area (Å²) < 4.78 is 5.27. The summed E-state index contributed by atoms with van der Waals surface area (Å²) in [5.74, 6) is 0.767. The highest BCUT2D eigenvalue weighted by molar-refractivity contribution is 7.98. The second-order valence-electron chi connectivity index (χ2n) is 6.75. The van der Waals surface area contributed by atoms with E-state index in [1.807, 2.05) is 31.8 Å². The number of likely N-dealkylation sites (N-methyl/N-ethyl adjacent to an activating group) is 1. The minimum atomic E-state index is -0.606. The zero-order chi connectivity index (χ0) is 21.2. The molecule has 158 valence electrons. The molecular formula is C21H29N3O3S2. The van der Waals surface area contributed by atoms with E-state index in [2.05, 4.69) is 21.6 Å². The predicted molar refractivity (Wildman–Crippen MR) is 121 cm³/mol. The van der Waals surface area contributed by atoms with Crippen LogP contribution in [-0.4, -0.2) is 62.5 Å². The van der Waals surface area contributed by atoms with Crippen LogP contribution in [0.15, 0.2) is 41.8 Å². The van der Waals surface area contributed by atoms with Crippen LogP contribution in [-0.2, 0) is 4.79 Å². The van der Waals surface area contributed by atoms with Gasteiger partial charge in [-0.1, -0.05) is 18.2 Å². The van der Waals surface area contributed by atoms with Gasteiger partial charge in [0.05, 0.1) is 18.7 Å². The number of amides is 2. The van der Waals surface area contributed by atoms with Crippen LogP contribution in [0.2, 0.25) is 0 Å². The number of benzene rings is 1. The number of carbonyl (C=O) groups excluding carboxylic acids is 2. The van der Waals surface area contributed by atoms with Gasteiger partial charge in [-0.2, -0.15) is 11.8 Å². The smallest absolute Gasteiger partial charge is 0.255 e. The van der Waals surface area contributed by atoms with E-state index in [0.717, 1.165) is 5.75 Å². The molecule has 0 bridgehead atoms. The average molecular weight is 436 g/mol. The van der Waals surface area contributed by atoms with E-state index in [1.54, 1.807) is 47.4 Å². The Bertz CT molecular complexity index is 781. The Kier molecular flexibility index (Phi) is 9.50. The number of methoxy groups -OCH3 is 1. The molecule has 2 atom stereocenters. The fraction of sp³-hybridized carbons (Fsp3) is 0.429. The first-order valence-electron chi connectivity index (χ1n) is 9.38. The van der Waals surface area contributed by atoms with Crippen LogP contribution in [0.4, 0.5) is 0 Å². The molecule has 2 aromatic rings. The third kappa shape index (κ3) is 6.76. The van der Waals surface area contributed by atoms with Gasteiger partial charge in [0, 0.05) is 11.4 Å². The third-order valence-electron chi connectivity index (χ3n) is 4.55. The topological polar surface area (TPSA) is 70.7 Å². The molecule has 2 rings (SSSR count). The largest absolute Gasteiger partial charge is 0.496 e. The number of carbonyl (C=O) groups is 2. The number of ether oxygens (including phenoxy) is 1. The van der Waals surface area contributed by atoms with Gasteiger partial charge in [0.1, 0.15) is 11.8 Å². The second-order valence-corrected chi connectivity index (χ2v) is 8.71. The van der Waals surface area contributed by atoms with Crippen LogP contribution in [0.5, 0.6) is 5.75 Å². The van der Waals surface area contributed by atoms with Crippen molar-refractivity contribution in [2.24, 2.45) is 0 Å². The molecule has 0 fully saturated rings. The lowest BCUT2D eigenvalue weighted by atomic mass is 10.1. The molecule has 1 aromatic carbocycles. The lowest BCUT2D eigenvalue weighted by Crippen LogP contribution is -2.48. The predicted octanol–water partition coefficient (Wildman–Crippen LogP) is 3.03. The standard InChI is InChI=1S/C21H29N3O3S2/c1-24(2)17(19-10-7-12-29-19)14-22-21(26)16(11-13-28-4)23-20(25)15-8-5-6-9-18(15)27-3/h5-10,12,16-17H,11,13-14H2,1-4H3,(H,22,26)(H,23,25)/t16-,17+/m0/s1. The first-order valence-corrected chi connectivity index (χ1v) is 11.7. The van der Waals surface area contributed by atoms with Gasteiger partial charge in [-0.15, -0.1) is 11.3 Å². The van der Waals surface area contributed by atoms with Crippen molar-refractivity contribution in [3.63, 3.8) is 0 Å². The van der Waals surface area contributed by atoms with Crippen molar-refractivity contribution in [2.75, 3.05) is 39.8 Å². The van der Waals surface area contributed by atoms with E-state index in [-0.39, 0.29) is 17.9 Å². The fourth-order valence-corrected chi connectivity index (χ4v) is 4.31. The molecule has 0 spiro atoms. The molecular weight excluding hydrogens is 406 g/mol. The Hall–Kier alpha value is -2.03. The van der Waals surface area contributed by atoms with Gasteiger partial charge in [0.15, 0.2) is 0 Å². The summed E-state index contributed by atoms with van der Waals surface area (Å²) in [7, 11) is 5.51. The monoisotopic (exact) mass is 435 g/mol. The minimum absolute atomic E-state index is 0.0880. The molecule has 0 aliphatic rings. The third-order valence-corrected chi connectivity index (χ3v) is 6.17. The first kappa shape index (κ1) is 23.3. The van der Waals surface area contributed by atoms with Gasteiger partial charge < -0.3 is 20.3 Å². The molecule has 0 aliphatic carbocycles. The highest BCUT2D eigenvalue weighted by atomic mass is 32.2. The number of nitrogens with zero attached hydrogens (tertiary/aromatic N) is 1. The second kappa shape index (κ2) is 11.8. The Morgan fingerprint density at radius 1 is 1.21 bits per heavy atom. The van der Waals surface area contributed by atoms with Gasteiger partial charge >= 0.3 is 0 Å². The van der Waals surface area contributed by atoms with E-state index in [9.17, 15) is 9.59 Å². The molecule has 1 heterocycles. The molecule has 2 amide bonds. The molecule has 1 aromatic heterocycles. The number of rotatable bonds is 11. The minimum Gasteiger partial charge on any atom is -0.496 e. The highest BCUT2D eigenvalue weighted by Gasteiger charge is 2.24. The highest BCUT2D eigenvalue weighted by Crippen LogP contribution is 2.22. The molecule has 0 radical (unpaired) electrons. The van der Waals surface area contributed by atoms with Crippen LogP contribution < -0.4 is 15.4 Å². The van der Waals surface area contributed by atoms with Crippen molar-refractivity contribution in [2.45, 2.75) is 18.5 Å². The Morgan fingerprint density at radius 3 is 2.59 bits per heavy atom. The van der Waals surface area contributed by atoms with Gasteiger partial charge in [0.2, 0.25) is 5.91 Å². The summed E-state index contributed by atoms with van der Waals surface area (Å²) in [6.45, 7) is 0.479. The zero-order valence-electron chi connectivity index (χ0n) is 17.3. The SMILES string of the molecule is COc1ccccc1C(=O)N[C@@H](CCSC)C(=O)NC[C@H](c1cccs1)N(C)C. The molecule has 8 heteroatoms. The van der Waals surface area contributed by atoms with Crippen LogP contribution >= 0.6 is 23.1 Å². The van der Waals surface area contributed by atoms with Crippen molar-refractivity contribution >= 4 is 34.9 Å². The molecule has 0 unspecified atom stereocenters. The van der Waals surface area contributed by atoms with Crippen molar-refractivity contribution in [3.05, 3.63) is 52.2 Å². The van der Waals surface area contributed by atoms with Crippen molar-refractivity contribution in [1.29, 1.82) is 0 Å². The quantitative estimate of drug-likeness (QED) is 0.568. The summed E-state index contributed by atoms with van der Waals surface area (Å²) >= 11 is 3.31. The normalized spacial score (nSPS) is 13.0. The summed E-state index contributed by atoms with van der Waals surface area (Å²) in [4.78, 5) is 28.9. The van der Waals surface area contributed by atoms with Crippen LogP contribution in [0.3, 0.4) is 0 Å². The maximum Gasteiger partial charge on any atom is 0.255 e. The fourth-order valence-electron chi connectivity index (χ4n) is 2.91. The molecule has 29 heavy (non-hydrogen) atoms. The van der Waals surface area contributed by atoms with E-state index in [0.29, 0.717) is 24.3 Å². The number of thioether (sulfide) groups is 1. The average Bonchev–Trinajstić information content (AvgIpc) is 3.25. The van der Waals surface area contributed by atoms with Gasteiger partial charge in [0.25, 0.3) is 5.91 Å². The molecule has 0 saturated carbocycles. The van der Waals surface area contributed by atoms with Crippen molar-refractivity contribution < 1.29 is 14.3 Å². The van der Waals surface area contributed by atoms with Crippen LogP contribution in [0, 0.1) is 0 Å². The van der Waals surface area contributed by atoms with Gasteiger partial charge in [-0.05, 0) is 56.1 Å². The van der Waals surface area contributed by atoms with Crippen molar-refractivity contribution in [1.82, 2.24) is 15.5 Å². The lowest BCUT2D eigenvalue weighted by molar-refractivity contribution is -0.123. The first-order chi connectivity index (χ1) is 14.0. The Labute approximate surface area is 181 Å². The summed E-state index contributed by atoms with van der Waals surface area (Å²) in [5, 5.41) is 7.92. The van der Waals surface area contributed by atoms with Crippen LogP contribution in [0.25, 0.3) is 0 Å². The molecule has 2 N–H and O–H groups in total. The number of nitrogens with one attached hydrogen (secondary N) is 2. The number of hydrogen-bond donors (Lipinski definition) is 2. The van der Waals surface area contributed by atoms with Crippen LogP contribution in [0.1, 0.15) is 27.7 Å². The molecule has 6 nitrogen and oxygen atoms in total. The number of para-hydroxylation sites is 1. The van der Waals surface area contributed by atoms with E-state index < -0.39 is 6.04 Å². The summed E-state index contributed by atoms with van der Waals surface area (Å²) in [5.41, 5.74) is 0.418. The molecule has 0 aliphatic heterocycles. The van der Waals surface area contributed by atoms with Gasteiger partial charge in [-0.3, -0.25) is 9.59 Å². The maximum atomic E-state index is 12.9. The van der Waals surface area contributed by atoms with E-state index in [4.69, 9.17) is 4.74 Å². The van der Waals surface area contributed by atoms with E-state index in [1.165, 1.54) is 12.0 Å².